The van der Waals surface area contributed by atoms with Crippen LogP contribution in [0.4, 0.5) is 29.1 Å². The monoisotopic (exact) mass is 554 g/mol. The number of hydrogen-bond acceptors (Lipinski definition) is 10. The van der Waals surface area contributed by atoms with Gasteiger partial charge in [0, 0.05) is 71.5 Å². The second kappa shape index (κ2) is 13.9. The molecule has 5 rings (SSSR count). The van der Waals surface area contributed by atoms with Crippen LogP contribution in [0.3, 0.4) is 0 Å². The van der Waals surface area contributed by atoms with Crippen LogP contribution in [0, 0.1) is 0 Å². The summed E-state index contributed by atoms with van der Waals surface area (Å²) in [6.45, 7) is 10.9. The van der Waals surface area contributed by atoms with E-state index in [4.69, 9.17) is 26.9 Å². The molecule has 0 radical (unpaired) electrons. The summed E-state index contributed by atoms with van der Waals surface area (Å²) in [6.07, 6.45) is 6.74. The molecule has 0 aliphatic carbocycles. The van der Waals surface area contributed by atoms with Crippen LogP contribution in [0.5, 0.6) is 0 Å². The van der Waals surface area contributed by atoms with Crippen LogP contribution in [-0.2, 0) is 4.74 Å². The van der Waals surface area contributed by atoms with Crippen molar-refractivity contribution in [2.45, 2.75) is 25.7 Å². The number of pyridine rings is 1. The van der Waals surface area contributed by atoms with Gasteiger partial charge in [0.15, 0.2) is 5.11 Å². The van der Waals surface area contributed by atoms with E-state index in [2.05, 4.69) is 53.6 Å². The lowest BCUT2D eigenvalue weighted by atomic mass is 10.3. The predicted molar refractivity (Wildman–Crippen MR) is 162 cm³/mol. The Hall–Kier alpha value is -2.96. The molecule has 0 amide bonds. The number of thiocarbonyl (C=S) groups is 1. The molecule has 2 aromatic rings. The average Bonchev–Trinajstić information content (AvgIpc) is 3.69. The van der Waals surface area contributed by atoms with Gasteiger partial charge in [0.2, 0.25) is 5.95 Å². The molecule has 0 spiro atoms. The molecule has 0 unspecified atom stereocenters. The first-order chi connectivity index (χ1) is 19.1. The first-order valence-corrected chi connectivity index (χ1v) is 14.7. The summed E-state index contributed by atoms with van der Waals surface area (Å²) < 4.78 is 5.41. The third-order valence-electron chi connectivity index (χ3n) is 7.44. The molecule has 0 aromatic carbocycles. The fraction of sp³-hybridized carbons (Fsp3) is 0.630. The van der Waals surface area contributed by atoms with Crippen molar-refractivity contribution in [1.29, 1.82) is 0 Å². The number of morpholine rings is 1. The smallest absolute Gasteiger partial charge is 0.229 e. The van der Waals surface area contributed by atoms with E-state index in [1.54, 1.807) is 0 Å². The maximum absolute atomic E-state index is 5.48. The van der Waals surface area contributed by atoms with Gasteiger partial charge in [0.1, 0.15) is 17.5 Å². The number of nitrogens with one attached hydrogen (secondary N) is 3. The van der Waals surface area contributed by atoms with E-state index in [1.807, 2.05) is 18.3 Å². The van der Waals surface area contributed by atoms with Crippen molar-refractivity contribution < 1.29 is 4.74 Å². The third-order valence-corrected chi connectivity index (χ3v) is 7.69. The highest BCUT2D eigenvalue weighted by Crippen LogP contribution is 2.25. The van der Waals surface area contributed by atoms with Crippen LogP contribution >= 0.6 is 12.2 Å². The van der Waals surface area contributed by atoms with Gasteiger partial charge in [-0.1, -0.05) is 0 Å². The van der Waals surface area contributed by atoms with Gasteiger partial charge in [-0.2, -0.15) is 9.97 Å². The zero-order valence-corrected chi connectivity index (χ0v) is 23.9. The molecule has 0 bridgehead atoms. The maximum atomic E-state index is 5.48. The Morgan fingerprint density at radius 1 is 0.897 bits per heavy atom. The molecular formula is C27H42N10OS. The Bertz CT molecular complexity index is 1020. The number of hydrogen-bond donors (Lipinski definition) is 3. The second-order valence-electron chi connectivity index (χ2n) is 10.4. The molecule has 212 valence electrons. The molecule has 0 atom stereocenters. The number of anilines is 5. The van der Waals surface area contributed by atoms with Crippen LogP contribution in [-0.4, -0.2) is 111 Å². The molecule has 11 nitrogen and oxygen atoms in total. The lowest BCUT2D eigenvalue weighted by Gasteiger charge is -2.27. The van der Waals surface area contributed by atoms with Crippen LogP contribution < -0.4 is 30.7 Å². The number of rotatable bonds is 11. The van der Waals surface area contributed by atoms with E-state index >= 15 is 0 Å². The molecule has 3 N–H and O–H groups in total. The van der Waals surface area contributed by atoms with E-state index in [-0.39, 0.29) is 0 Å². The first-order valence-electron chi connectivity index (χ1n) is 14.3. The first kappa shape index (κ1) is 27.6. The Balaban J connectivity index is 1.02. The Morgan fingerprint density at radius 2 is 1.59 bits per heavy atom. The van der Waals surface area contributed by atoms with Gasteiger partial charge in [0.25, 0.3) is 0 Å². The molecule has 3 saturated heterocycles. The summed E-state index contributed by atoms with van der Waals surface area (Å²) in [4.78, 5) is 23.5. The molecule has 2 aromatic heterocycles. The molecule has 3 aliphatic heterocycles. The molecular weight excluding hydrogens is 512 g/mol. The van der Waals surface area contributed by atoms with E-state index in [1.165, 1.54) is 25.7 Å². The highest BCUT2D eigenvalue weighted by molar-refractivity contribution is 7.80. The molecule has 3 aliphatic rings. The molecule has 0 saturated carbocycles. The van der Waals surface area contributed by atoms with Crippen molar-refractivity contribution in [3.8, 4) is 0 Å². The Kier molecular flexibility index (Phi) is 9.84. The number of aromatic nitrogens is 3. The van der Waals surface area contributed by atoms with Gasteiger partial charge in [-0.15, -0.1) is 0 Å². The lowest BCUT2D eigenvalue weighted by molar-refractivity contribution is 0.122. The Labute approximate surface area is 237 Å². The third kappa shape index (κ3) is 8.02. The number of ether oxygens (including phenoxy) is 1. The van der Waals surface area contributed by atoms with Crippen molar-refractivity contribution in [2.24, 2.45) is 0 Å². The normalized spacial score (nSPS) is 17.6. The molecule has 5 heterocycles. The minimum Gasteiger partial charge on any atom is -0.378 e. The van der Waals surface area contributed by atoms with Crippen molar-refractivity contribution in [1.82, 2.24) is 25.2 Å². The highest BCUT2D eigenvalue weighted by atomic mass is 32.1. The van der Waals surface area contributed by atoms with Crippen LogP contribution in [0.2, 0.25) is 0 Å². The van der Waals surface area contributed by atoms with Gasteiger partial charge in [-0.05, 0) is 57.1 Å². The summed E-state index contributed by atoms with van der Waals surface area (Å²) in [5.41, 5.74) is 0.883. The fourth-order valence-electron chi connectivity index (χ4n) is 5.14. The van der Waals surface area contributed by atoms with E-state index in [9.17, 15) is 0 Å². The minimum atomic E-state index is 0.604. The SMILES string of the molecule is CN(CCNC(=S)Nc1ccc(N2CCOCC2)nc1)CCNc1cc(N2CCCC2)nc(N2CCCC2)n1. The topological polar surface area (TPSA) is 96.9 Å². The van der Waals surface area contributed by atoms with Gasteiger partial charge in [-0.3, -0.25) is 0 Å². The summed E-state index contributed by atoms with van der Waals surface area (Å²) in [6, 6.07) is 6.15. The summed E-state index contributed by atoms with van der Waals surface area (Å²) >= 11 is 5.48. The molecule has 3 fully saturated rings. The van der Waals surface area contributed by atoms with Crippen molar-refractivity contribution in [3.05, 3.63) is 24.4 Å². The largest absolute Gasteiger partial charge is 0.378 e. The molecule has 12 heteroatoms. The summed E-state index contributed by atoms with van der Waals surface area (Å²) in [5.74, 6) is 3.80. The van der Waals surface area contributed by atoms with Crippen molar-refractivity contribution in [3.63, 3.8) is 0 Å². The van der Waals surface area contributed by atoms with Gasteiger partial charge in [-0.25, -0.2) is 4.98 Å². The lowest BCUT2D eigenvalue weighted by Crippen LogP contribution is -2.37. The van der Waals surface area contributed by atoms with E-state index in [0.29, 0.717) is 5.11 Å². The Morgan fingerprint density at radius 3 is 2.31 bits per heavy atom. The summed E-state index contributed by atoms with van der Waals surface area (Å²) in [7, 11) is 2.12. The minimum absolute atomic E-state index is 0.604. The van der Waals surface area contributed by atoms with Gasteiger partial charge < -0.3 is 40.3 Å². The zero-order chi connectivity index (χ0) is 26.9. The highest BCUT2D eigenvalue weighted by Gasteiger charge is 2.20. The second-order valence-corrected chi connectivity index (χ2v) is 10.8. The van der Waals surface area contributed by atoms with E-state index in [0.717, 1.165) is 108 Å². The standard InChI is InChI=1S/C27H42N10OS/c1-34(15-9-29-27(39)31-22-6-7-24(30-21-22)36-16-18-38-19-17-36)14-8-28-23-20-25(35-10-2-3-11-35)33-26(32-23)37-12-4-5-13-37/h6-7,20-21H,2-5,8-19H2,1H3,(H,28,32,33)(H2,29,31,39). The fourth-order valence-corrected chi connectivity index (χ4v) is 5.36. The summed E-state index contributed by atoms with van der Waals surface area (Å²) in [5, 5.41) is 10.7. The van der Waals surface area contributed by atoms with Gasteiger partial charge >= 0.3 is 0 Å². The predicted octanol–water partition coefficient (Wildman–Crippen LogP) is 2.24. The number of likely N-dealkylation sites (N-methyl/N-ethyl adjacent to an activating group) is 1. The van der Waals surface area contributed by atoms with Crippen LogP contribution in [0.25, 0.3) is 0 Å². The van der Waals surface area contributed by atoms with Gasteiger partial charge in [0.05, 0.1) is 25.1 Å². The maximum Gasteiger partial charge on any atom is 0.229 e. The van der Waals surface area contributed by atoms with Crippen molar-refractivity contribution >= 4 is 46.4 Å². The van der Waals surface area contributed by atoms with Crippen LogP contribution in [0.1, 0.15) is 25.7 Å². The van der Waals surface area contributed by atoms with Crippen molar-refractivity contribution in [2.75, 3.05) is 111 Å². The average molecular weight is 555 g/mol. The van der Waals surface area contributed by atoms with Crippen LogP contribution in [0.15, 0.2) is 24.4 Å². The quantitative estimate of drug-likeness (QED) is 0.356. The number of nitrogens with zero attached hydrogens (tertiary/aromatic N) is 7. The van der Waals surface area contributed by atoms with E-state index < -0.39 is 0 Å². The molecule has 39 heavy (non-hydrogen) atoms. The zero-order valence-electron chi connectivity index (χ0n) is 23.1.